The topological polar surface area (TPSA) is 106 Å². The summed E-state index contributed by atoms with van der Waals surface area (Å²) in [6.45, 7) is 6.73. The molecule has 10 heteroatoms. The molecule has 1 aliphatic heterocycles. The highest BCUT2D eigenvalue weighted by Crippen LogP contribution is 2.48. The van der Waals surface area contributed by atoms with Crippen LogP contribution in [0.5, 0.6) is 5.88 Å². The summed E-state index contributed by atoms with van der Waals surface area (Å²) in [5.41, 5.74) is 3.24. The predicted molar refractivity (Wildman–Crippen MR) is 161 cm³/mol. The van der Waals surface area contributed by atoms with Crippen LogP contribution in [-0.2, 0) is 22.4 Å². The number of amides is 1. The SMILES string of the molecule is COCC(=O)N[C@@H](Cc1ccc(F)c(-c2nccs2)c1)[C@@H](O)CN[C@H]1CC2(CCC2)Oc2ncc(CC(C)(C)C)cc21. The van der Waals surface area contributed by atoms with E-state index in [1.807, 2.05) is 6.20 Å². The molecule has 5 rings (SSSR count). The maximum Gasteiger partial charge on any atom is 0.246 e. The Kier molecular flexibility index (Phi) is 9.27. The van der Waals surface area contributed by atoms with Crippen LogP contribution in [0, 0.1) is 11.2 Å². The summed E-state index contributed by atoms with van der Waals surface area (Å²) < 4.78 is 26.0. The maximum atomic E-state index is 14.6. The summed E-state index contributed by atoms with van der Waals surface area (Å²) in [5.74, 6) is -0.0281. The van der Waals surface area contributed by atoms with Crippen molar-refractivity contribution in [3.8, 4) is 16.5 Å². The number of carbonyl (C=O) groups excluding carboxylic acids is 1. The molecule has 226 valence electrons. The van der Waals surface area contributed by atoms with E-state index in [9.17, 15) is 14.3 Å². The largest absolute Gasteiger partial charge is 0.471 e. The van der Waals surface area contributed by atoms with E-state index in [2.05, 4.69) is 42.5 Å². The number of rotatable bonds is 11. The van der Waals surface area contributed by atoms with Gasteiger partial charge in [-0.25, -0.2) is 14.4 Å². The van der Waals surface area contributed by atoms with Crippen LogP contribution in [0.3, 0.4) is 0 Å². The molecule has 0 radical (unpaired) electrons. The first-order valence-corrected chi connectivity index (χ1v) is 15.5. The number of hydrogen-bond donors (Lipinski definition) is 3. The van der Waals surface area contributed by atoms with Crippen molar-refractivity contribution in [1.29, 1.82) is 0 Å². The molecule has 3 N–H and O–H groups in total. The molecule has 8 nitrogen and oxygen atoms in total. The number of thiazole rings is 1. The van der Waals surface area contributed by atoms with Crippen molar-refractivity contribution >= 4 is 17.2 Å². The lowest BCUT2D eigenvalue weighted by molar-refractivity contribution is -0.126. The molecule has 1 saturated carbocycles. The second kappa shape index (κ2) is 12.8. The lowest BCUT2D eigenvalue weighted by Crippen LogP contribution is -2.52. The van der Waals surface area contributed by atoms with Gasteiger partial charge in [0.05, 0.1) is 12.1 Å². The number of nitrogens with zero attached hydrogens (tertiary/aromatic N) is 2. The van der Waals surface area contributed by atoms with Crippen molar-refractivity contribution in [2.24, 2.45) is 5.41 Å². The third-order valence-electron chi connectivity index (χ3n) is 8.01. The Bertz CT molecular complexity index is 1370. The van der Waals surface area contributed by atoms with E-state index in [1.54, 1.807) is 23.7 Å². The number of fused-ring (bicyclic) bond motifs is 1. The quantitative estimate of drug-likeness (QED) is 0.286. The van der Waals surface area contributed by atoms with E-state index < -0.39 is 12.1 Å². The second-order valence-corrected chi connectivity index (χ2v) is 13.7. The van der Waals surface area contributed by atoms with Crippen LogP contribution >= 0.6 is 11.3 Å². The van der Waals surface area contributed by atoms with E-state index in [0.717, 1.165) is 48.8 Å². The van der Waals surface area contributed by atoms with Crippen molar-refractivity contribution < 1.29 is 23.8 Å². The van der Waals surface area contributed by atoms with E-state index in [-0.39, 0.29) is 41.9 Å². The zero-order valence-electron chi connectivity index (χ0n) is 24.8. The van der Waals surface area contributed by atoms with Gasteiger partial charge in [-0.1, -0.05) is 26.8 Å². The number of benzene rings is 1. The molecule has 3 aromatic rings. The Hall–Kier alpha value is -2.92. The fraction of sp³-hybridized carbons (Fsp3) is 0.531. The Balaban J connectivity index is 1.34. The summed E-state index contributed by atoms with van der Waals surface area (Å²) in [5, 5.41) is 20.3. The Morgan fingerprint density at radius 2 is 2.07 bits per heavy atom. The van der Waals surface area contributed by atoms with Crippen LogP contribution in [0.1, 0.15) is 69.2 Å². The van der Waals surface area contributed by atoms with Gasteiger partial charge >= 0.3 is 0 Å². The highest BCUT2D eigenvalue weighted by Gasteiger charge is 2.46. The summed E-state index contributed by atoms with van der Waals surface area (Å²) in [4.78, 5) is 21.5. The number of aliphatic hydroxyl groups excluding tert-OH is 1. The molecule has 1 aromatic carbocycles. The molecular weight excluding hydrogens is 555 g/mol. The molecule has 3 heterocycles. The first-order chi connectivity index (χ1) is 20.0. The minimum Gasteiger partial charge on any atom is -0.471 e. The van der Waals surface area contributed by atoms with Crippen LogP contribution in [0.25, 0.3) is 10.6 Å². The monoisotopic (exact) mass is 596 g/mol. The van der Waals surface area contributed by atoms with Crippen LogP contribution in [-0.4, -0.2) is 59.0 Å². The summed E-state index contributed by atoms with van der Waals surface area (Å²) in [6.07, 6.45) is 7.72. The van der Waals surface area contributed by atoms with E-state index in [4.69, 9.17) is 14.5 Å². The number of hydrogen-bond acceptors (Lipinski definition) is 8. The smallest absolute Gasteiger partial charge is 0.246 e. The first kappa shape index (κ1) is 30.5. The number of carbonyl (C=O) groups is 1. The zero-order chi connectivity index (χ0) is 29.9. The van der Waals surface area contributed by atoms with Crippen LogP contribution in [0.4, 0.5) is 4.39 Å². The molecule has 2 aliphatic rings. The van der Waals surface area contributed by atoms with Gasteiger partial charge in [0.15, 0.2) is 0 Å². The predicted octanol–water partition coefficient (Wildman–Crippen LogP) is 5.00. The van der Waals surface area contributed by atoms with Gasteiger partial charge in [0.2, 0.25) is 11.8 Å². The second-order valence-electron chi connectivity index (χ2n) is 12.8. The Morgan fingerprint density at radius 3 is 2.74 bits per heavy atom. The van der Waals surface area contributed by atoms with Gasteiger partial charge in [-0.3, -0.25) is 4.79 Å². The van der Waals surface area contributed by atoms with E-state index in [0.29, 0.717) is 22.9 Å². The van der Waals surface area contributed by atoms with Gasteiger partial charge in [0.25, 0.3) is 0 Å². The van der Waals surface area contributed by atoms with Gasteiger partial charge in [-0.15, -0.1) is 11.3 Å². The third-order valence-corrected chi connectivity index (χ3v) is 8.81. The summed E-state index contributed by atoms with van der Waals surface area (Å²) in [7, 11) is 1.45. The molecule has 2 aromatic heterocycles. The molecule has 0 bridgehead atoms. The van der Waals surface area contributed by atoms with Gasteiger partial charge in [0, 0.05) is 55.0 Å². The van der Waals surface area contributed by atoms with Crippen molar-refractivity contribution in [1.82, 2.24) is 20.6 Å². The number of ether oxygens (including phenoxy) is 2. The Morgan fingerprint density at radius 1 is 1.26 bits per heavy atom. The minimum atomic E-state index is -0.923. The molecule has 0 unspecified atom stereocenters. The lowest BCUT2D eigenvalue weighted by Gasteiger charge is -2.47. The first-order valence-electron chi connectivity index (χ1n) is 14.6. The summed E-state index contributed by atoms with van der Waals surface area (Å²) >= 11 is 1.36. The molecule has 1 spiro atoms. The number of halogens is 1. The maximum absolute atomic E-state index is 14.6. The average molecular weight is 597 g/mol. The number of methoxy groups -OCH3 is 1. The number of aromatic nitrogens is 2. The average Bonchev–Trinajstić information content (AvgIpc) is 3.45. The standard InChI is InChI=1S/C32H41FN4O4S/c1-31(2,3)15-21-13-23-26(16-32(8-5-9-32)41-29(23)36-17-21)35-18-27(38)25(37-28(39)19-40-4)14-20-6-7-24(33)22(12-20)30-34-10-11-42-30/h6-7,10-13,17,25-27,35,38H,5,8-9,14-16,18-19H2,1-4H3,(H,37,39)/t25-,26-,27-/m0/s1. The molecule has 1 aliphatic carbocycles. The van der Waals surface area contributed by atoms with Gasteiger partial charge in [-0.05, 0) is 66.8 Å². The number of pyridine rings is 1. The number of aliphatic hydroxyl groups is 1. The van der Waals surface area contributed by atoms with E-state index in [1.165, 1.54) is 24.5 Å². The molecule has 0 saturated heterocycles. The highest BCUT2D eigenvalue weighted by atomic mass is 32.1. The van der Waals surface area contributed by atoms with E-state index >= 15 is 0 Å². The molecule has 42 heavy (non-hydrogen) atoms. The van der Waals surface area contributed by atoms with Crippen molar-refractivity contribution in [2.75, 3.05) is 20.3 Å². The molecule has 3 atom stereocenters. The van der Waals surface area contributed by atoms with Gasteiger partial charge < -0.3 is 25.2 Å². The van der Waals surface area contributed by atoms with Crippen LogP contribution in [0.15, 0.2) is 42.0 Å². The van der Waals surface area contributed by atoms with Gasteiger partial charge in [-0.2, -0.15) is 0 Å². The van der Waals surface area contributed by atoms with Crippen LogP contribution in [0.2, 0.25) is 0 Å². The van der Waals surface area contributed by atoms with Crippen molar-refractivity contribution in [3.63, 3.8) is 0 Å². The number of nitrogens with one attached hydrogen (secondary N) is 2. The Labute approximate surface area is 251 Å². The normalized spacial score (nSPS) is 19.0. The van der Waals surface area contributed by atoms with Gasteiger partial charge in [0.1, 0.15) is 23.0 Å². The zero-order valence-corrected chi connectivity index (χ0v) is 25.6. The van der Waals surface area contributed by atoms with Crippen molar-refractivity contribution in [3.05, 3.63) is 64.5 Å². The molecular formula is C32H41FN4O4S. The minimum absolute atomic E-state index is 0.0474. The molecule has 1 amide bonds. The molecule has 1 fully saturated rings. The lowest BCUT2D eigenvalue weighted by atomic mass is 9.73. The van der Waals surface area contributed by atoms with Crippen molar-refractivity contribution in [2.45, 2.75) is 83.1 Å². The third kappa shape index (κ3) is 7.34. The highest BCUT2D eigenvalue weighted by molar-refractivity contribution is 7.13. The van der Waals surface area contributed by atoms with Crippen LogP contribution < -0.4 is 15.4 Å². The fourth-order valence-corrected chi connectivity index (χ4v) is 6.54. The fourth-order valence-electron chi connectivity index (χ4n) is 5.89. The summed E-state index contributed by atoms with van der Waals surface area (Å²) in [6, 6.07) is 6.33.